The number of nitro benzene ring substituents is 1. The molecule has 0 saturated heterocycles. The fraction of sp³-hybridized carbons (Fsp3) is 0.130. The maximum atomic E-state index is 13.6. The molecule has 2 N–H and O–H groups in total. The van der Waals surface area contributed by atoms with Crippen LogP contribution in [0.3, 0.4) is 0 Å². The van der Waals surface area contributed by atoms with E-state index in [4.69, 9.17) is 0 Å². The van der Waals surface area contributed by atoms with Gasteiger partial charge in [-0.15, -0.1) is 0 Å². The Morgan fingerprint density at radius 2 is 1.61 bits per heavy atom. The van der Waals surface area contributed by atoms with E-state index in [1.54, 1.807) is 0 Å². The quantitative estimate of drug-likeness (QED) is 0.467. The molecule has 0 radical (unpaired) electrons. The van der Waals surface area contributed by atoms with E-state index < -0.39 is 40.3 Å². The Labute approximate surface area is 176 Å². The van der Waals surface area contributed by atoms with Crippen molar-refractivity contribution >= 4 is 17.6 Å². The molecule has 0 unspecified atom stereocenters. The van der Waals surface area contributed by atoms with Gasteiger partial charge in [-0.2, -0.15) is 4.39 Å². The van der Waals surface area contributed by atoms with Gasteiger partial charge in [0.05, 0.1) is 10.8 Å². The van der Waals surface area contributed by atoms with Gasteiger partial charge < -0.3 is 10.4 Å². The average molecular weight is 420 g/mol. The first-order valence-electron chi connectivity index (χ1n) is 9.51. The molecule has 0 heterocycles. The van der Waals surface area contributed by atoms with Crippen LogP contribution >= 0.6 is 0 Å². The molecule has 8 heteroatoms. The van der Waals surface area contributed by atoms with E-state index >= 15 is 0 Å². The number of carboxylic acids is 1. The van der Waals surface area contributed by atoms with Crippen molar-refractivity contribution in [3.63, 3.8) is 0 Å². The van der Waals surface area contributed by atoms with Gasteiger partial charge >= 0.3 is 11.7 Å². The summed E-state index contributed by atoms with van der Waals surface area (Å²) in [5.74, 6) is -3.46. The molecule has 0 bridgehead atoms. The molecule has 0 aliphatic heterocycles. The molecule has 3 aromatic rings. The number of rotatable bonds is 6. The summed E-state index contributed by atoms with van der Waals surface area (Å²) < 4.78 is 13.6. The molecule has 0 spiro atoms. The van der Waals surface area contributed by atoms with Crippen molar-refractivity contribution in [2.24, 2.45) is 0 Å². The predicted molar refractivity (Wildman–Crippen MR) is 110 cm³/mol. The number of fused-ring (bicyclic) bond motifs is 3. The van der Waals surface area contributed by atoms with Gasteiger partial charge in [-0.1, -0.05) is 54.6 Å². The lowest BCUT2D eigenvalue weighted by Gasteiger charge is -2.19. The lowest BCUT2D eigenvalue weighted by molar-refractivity contribution is -0.387. The normalized spacial score (nSPS) is 13.2. The van der Waals surface area contributed by atoms with Gasteiger partial charge in [-0.05, 0) is 33.9 Å². The van der Waals surface area contributed by atoms with Gasteiger partial charge in [0.2, 0.25) is 11.7 Å². The molecular weight excluding hydrogens is 403 g/mol. The Kier molecular flexibility index (Phi) is 5.21. The van der Waals surface area contributed by atoms with Crippen molar-refractivity contribution < 1.29 is 24.0 Å². The van der Waals surface area contributed by atoms with Crippen LogP contribution in [0.25, 0.3) is 11.1 Å². The second-order valence-electron chi connectivity index (χ2n) is 7.25. The smallest absolute Gasteiger partial charge is 0.326 e. The van der Waals surface area contributed by atoms with Crippen molar-refractivity contribution in [3.05, 3.63) is 99.4 Å². The van der Waals surface area contributed by atoms with Gasteiger partial charge in [-0.25, -0.2) is 4.79 Å². The number of hydrogen-bond donors (Lipinski definition) is 2. The van der Waals surface area contributed by atoms with E-state index in [1.165, 1.54) is 6.07 Å². The number of halogens is 1. The van der Waals surface area contributed by atoms with Crippen LogP contribution in [-0.2, 0) is 16.0 Å². The van der Waals surface area contributed by atoms with Crippen LogP contribution in [0.2, 0.25) is 0 Å². The molecule has 156 valence electrons. The number of benzene rings is 3. The number of carboxylic acid groups (broad SMARTS) is 1. The van der Waals surface area contributed by atoms with Gasteiger partial charge in [0.15, 0.2) is 0 Å². The van der Waals surface area contributed by atoms with Gasteiger partial charge in [0, 0.05) is 12.5 Å². The number of nitro groups is 1. The third kappa shape index (κ3) is 3.75. The average Bonchev–Trinajstić information content (AvgIpc) is 3.09. The van der Waals surface area contributed by atoms with Crippen molar-refractivity contribution in [1.29, 1.82) is 0 Å². The minimum atomic E-state index is -1.34. The van der Waals surface area contributed by atoms with Crippen LogP contribution in [-0.4, -0.2) is 27.9 Å². The van der Waals surface area contributed by atoms with Gasteiger partial charge in [-0.3, -0.25) is 14.9 Å². The molecule has 1 aliphatic rings. The van der Waals surface area contributed by atoms with Crippen LogP contribution < -0.4 is 5.32 Å². The molecule has 0 aromatic heterocycles. The van der Waals surface area contributed by atoms with Crippen LogP contribution in [0.1, 0.15) is 22.6 Å². The maximum absolute atomic E-state index is 13.6. The zero-order chi connectivity index (χ0) is 22.1. The molecule has 3 aromatic carbocycles. The summed E-state index contributed by atoms with van der Waals surface area (Å²) in [4.78, 5) is 35.1. The Hall–Kier alpha value is -4.07. The molecule has 1 amide bonds. The third-order valence-corrected chi connectivity index (χ3v) is 5.36. The van der Waals surface area contributed by atoms with E-state index in [0.717, 1.165) is 34.4 Å². The summed E-state index contributed by atoms with van der Waals surface area (Å²) in [6, 6.07) is 16.7. The van der Waals surface area contributed by atoms with E-state index in [-0.39, 0.29) is 12.0 Å². The lowest BCUT2D eigenvalue weighted by Crippen LogP contribution is -2.44. The first kappa shape index (κ1) is 20.2. The first-order valence-corrected chi connectivity index (χ1v) is 9.51. The van der Waals surface area contributed by atoms with Crippen molar-refractivity contribution in [1.82, 2.24) is 5.32 Å². The van der Waals surface area contributed by atoms with Crippen LogP contribution in [0.4, 0.5) is 10.1 Å². The summed E-state index contributed by atoms with van der Waals surface area (Å²) in [5, 5.41) is 23.1. The lowest BCUT2D eigenvalue weighted by atomic mass is 9.95. The zero-order valence-electron chi connectivity index (χ0n) is 16.1. The molecule has 1 atom stereocenters. The molecule has 1 aliphatic carbocycles. The summed E-state index contributed by atoms with van der Waals surface area (Å²) in [5.41, 5.74) is 2.88. The largest absolute Gasteiger partial charge is 0.480 e. The van der Waals surface area contributed by atoms with E-state index in [9.17, 15) is 29.2 Å². The summed E-state index contributed by atoms with van der Waals surface area (Å²) in [6.07, 6.45) is -0.224. The summed E-state index contributed by atoms with van der Waals surface area (Å²) in [7, 11) is 0. The standard InChI is InChI=1S/C23H17FN2O5/c24-18-10-9-13(12-20(18)26(30)31)11-19(23(28)29)25-22(27)21-16-7-3-1-5-14(16)15-6-2-4-8-17(15)21/h1-10,12,19,21H,11H2,(H,25,27)(H,28,29)/t19-/m0/s1. The van der Waals surface area contributed by atoms with Crippen LogP contribution in [0.5, 0.6) is 0 Å². The van der Waals surface area contributed by atoms with Crippen molar-refractivity contribution in [2.45, 2.75) is 18.4 Å². The molecular formula is C23H17FN2O5. The molecule has 0 fully saturated rings. The Bertz CT molecular complexity index is 1160. The number of carbonyl (C=O) groups is 2. The number of carbonyl (C=O) groups excluding carboxylic acids is 1. The Morgan fingerprint density at radius 3 is 2.16 bits per heavy atom. The first-order chi connectivity index (χ1) is 14.9. The minimum absolute atomic E-state index is 0.224. The van der Waals surface area contributed by atoms with Crippen LogP contribution in [0.15, 0.2) is 66.7 Å². The molecule has 7 nitrogen and oxygen atoms in total. The Morgan fingerprint density at radius 1 is 1.03 bits per heavy atom. The maximum Gasteiger partial charge on any atom is 0.326 e. The highest BCUT2D eigenvalue weighted by Crippen LogP contribution is 2.44. The fourth-order valence-corrected chi connectivity index (χ4v) is 3.95. The summed E-state index contributed by atoms with van der Waals surface area (Å²) in [6.45, 7) is 0. The second-order valence-corrected chi connectivity index (χ2v) is 7.25. The fourth-order valence-electron chi connectivity index (χ4n) is 3.95. The highest BCUT2D eigenvalue weighted by molar-refractivity contribution is 5.97. The minimum Gasteiger partial charge on any atom is -0.480 e. The third-order valence-electron chi connectivity index (χ3n) is 5.36. The van der Waals surface area contributed by atoms with Crippen LogP contribution in [0, 0.1) is 15.9 Å². The number of nitrogens with zero attached hydrogens (tertiary/aromatic N) is 1. The number of aliphatic carboxylic acids is 1. The highest BCUT2D eigenvalue weighted by atomic mass is 19.1. The number of amides is 1. The van der Waals surface area contributed by atoms with E-state index in [1.807, 2.05) is 48.5 Å². The SMILES string of the molecule is O=C(N[C@@H](Cc1ccc(F)c([N+](=O)[O-])c1)C(=O)O)C1c2ccccc2-c2ccccc21. The summed E-state index contributed by atoms with van der Waals surface area (Å²) >= 11 is 0. The van der Waals surface area contributed by atoms with Crippen molar-refractivity contribution in [2.75, 3.05) is 0 Å². The van der Waals surface area contributed by atoms with Crippen molar-refractivity contribution in [3.8, 4) is 11.1 Å². The Balaban J connectivity index is 1.61. The topological polar surface area (TPSA) is 110 Å². The number of nitrogens with one attached hydrogen (secondary N) is 1. The highest BCUT2D eigenvalue weighted by Gasteiger charge is 2.35. The second kappa shape index (κ2) is 7.98. The predicted octanol–water partition coefficient (Wildman–Crippen LogP) is 3.66. The number of hydrogen-bond acceptors (Lipinski definition) is 4. The van der Waals surface area contributed by atoms with E-state index in [0.29, 0.717) is 0 Å². The zero-order valence-corrected chi connectivity index (χ0v) is 16.1. The van der Waals surface area contributed by atoms with Gasteiger partial charge in [0.1, 0.15) is 6.04 Å². The molecule has 31 heavy (non-hydrogen) atoms. The van der Waals surface area contributed by atoms with E-state index in [2.05, 4.69) is 5.32 Å². The molecule has 4 rings (SSSR count). The van der Waals surface area contributed by atoms with Gasteiger partial charge in [0.25, 0.3) is 0 Å². The monoisotopic (exact) mass is 420 g/mol. The molecule has 0 saturated carbocycles.